The first-order valence-electron chi connectivity index (χ1n) is 11.8. The lowest BCUT2D eigenvalue weighted by atomic mass is 10.0. The predicted molar refractivity (Wildman–Crippen MR) is 133 cm³/mol. The summed E-state index contributed by atoms with van der Waals surface area (Å²) in [6.07, 6.45) is 7.05. The van der Waals surface area contributed by atoms with Crippen molar-refractivity contribution in [1.29, 1.82) is 0 Å². The van der Waals surface area contributed by atoms with Gasteiger partial charge in [-0.2, -0.15) is 9.40 Å². The highest BCUT2D eigenvalue weighted by atomic mass is 32.2. The van der Waals surface area contributed by atoms with Gasteiger partial charge in [-0.3, -0.25) is 4.98 Å². The summed E-state index contributed by atoms with van der Waals surface area (Å²) in [5.41, 5.74) is 2.76. The summed E-state index contributed by atoms with van der Waals surface area (Å²) in [4.78, 5) is 8.49. The fraction of sp³-hybridized carbons (Fsp3) is 0.417. The number of hydrogen-bond donors (Lipinski definition) is 1. The molecule has 1 saturated heterocycles. The van der Waals surface area contributed by atoms with Crippen LogP contribution >= 0.6 is 0 Å². The maximum Gasteiger partial charge on any atom is 0.243 e. The minimum atomic E-state index is -3.82. The Bertz CT molecular complexity index is 1430. The molecule has 11 nitrogen and oxygen atoms in total. The van der Waals surface area contributed by atoms with E-state index in [1.54, 1.807) is 35.5 Å². The summed E-state index contributed by atoms with van der Waals surface area (Å²) in [7, 11) is -3.82. The van der Waals surface area contributed by atoms with Crippen LogP contribution < -0.4 is 5.32 Å². The minimum Gasteiger partial charge on any atom is -0.382 e. The zero-order chi connectivity index (χ0) is 25.3. The van der Waals surface area contributed by atoms with E-state index in [2.05, 4.69) is 32.5 Å². The normalized spacial score (nSPS) is 18.2. The average Bonchev–Trinajstić information content (AvgIpc) is 3.42. The van der Waals surface area contributed by atoms with Crippen molar-refractivity contribution in [3.8, 4) is 0 Å². The fourth-order valence-electron chi connectivity index (χ4n) is 4.62. The number of ether oxygens (including phenoxy) is 1. The van der Waals surface area contributed by atoms with Crippen molar-refractivity contribution in [3.63, 3.8) is 0 Å². The molecule has 2 atom stereocenters. The molecule has 5 rings (SSSR count). The van der Waals surface area contributed by atoms with Crippen LogP contribution in [0.15, 0.2) is 52.7 Å². The summed E-state index contributed by atoms with van der Waals surface area (Å²) in [5.74, 6) is 0.805. The van der Waals surface area contributed by atoms with E-state index in [0.29, 0.717) is 18.6 Å². The molecule has 0 bridgehead atoms. The van der Waals surface area contributed by atoms with Gasteiger partial charge in [-0.1, -0.05) is 5.16 Å². The van der Waals surface area contributed by atoms with Crippen molar-refractivity contribution in [2.24, 2.45) is 0 Å². The van der Waals surface area contributed by atoms with E-state index in [-0.39, 0.29) is 30.1 Å². The van der Waals surface area contributed by atoms with Gasteiger partial charge in [0.1, 0.15) is 18.4 Å². The van der Waals surface area contributed by atoms with E-state index in [4.69, 9.17) is 9.26 Å². The Labute approximate surface area is 209 Å². The number of fused-ring (bicyclic) bond motifs is 1. The lowest BCUT2D eigenvalue weighted by molar-refractivity contribution is 0.121. The van der Waals surface area contributed by atoms with Gasteiger partial charge in [-0.25, -0.2) is 18.1 Å². The van der Waals surface area contributed by atoms with Gasteiger partial charge in [-0.05, 0) is 45.4 Å². The van der Waals surface area contributed by atoms with Crippen molar-refractivity contribution in [2.75, 3.05) is 31.6 Å². The van der Waals surface area contributed by atoms with Crippen molar-refractivity contribution in [2.45, 2.75) is 44.2 Å². The maximum absolute atomic E-state index is 13.9. The second kappa shape index (κ2) is 9.96. The molecule has 1 fully saturated rings. The summed E-state index contributed by atoms with van der Waals surface area (Å²) in [5, 5.41) is 13.1. The SMILES string of the molecule is Cc1noc(C)c1CC(C)Nc1ccc(S(=O)(=O)N2CCOCC(n3cncn3)C2)c2ccncc12. The number of hydrogen-bond acceptors (Lipinski definition) is 9. The number of pyridine rings is 1. The number of aryl methyl sites for hydroxylation is 2. The highest BCUT2D eigenvalue weighted by Gasteiger charge is 2.32. The van der Waals surface area contributed by atoms with E-state index in [9.17, 15) is 8.42 Å². The Hall–Kier alpha value is -3.35. The van der Waals surface area contributed by atoms with Crippen LogP contribution in [0.25, 0.3) is 10.8 Å². The number of anilines is 1. The second-order valence-corrected chi connectivity index (χ2v) is 11.0. The van der Waals surface area contributed by atoms with Gasteiger partial charge in [0.25, 0.3) is 0 Å². The molecule has 1 aromatic carbocycles. The standard InChI is InChI=1S/C24H29N7O4S/c1-16(10-21-17(2)29-35-18(21)3)28-23-4-5-24(20-6-7-25-11-22(20)23)36(32,33)30-8-9-34-13-19(12-30)31-15-26-14-27-31/h4-7,11,14-16,19,28H,8-10,12-13H2,1-3H3. The number of nitrogens with zero attached hydrogens (tertiary/aromatic N) is 6. The molecule has 2 unspecified atom stereocenters. The van der Waals surface area contributed by atoms with E-state index in [1.807, 2.05) is 19.9 Å². The molecule has 4 heterocycles. The molecule has 0 aliphatic carbocycles. The number of benzene rings is 1. The summed E-state index contributed by atoms with van der Waals surface area (Å²) < 4.78 is 41.8. The molecular weight excluding hydrogens is 482 g/mol. The summed E-state index contributed by atoms with van der Waals surface area (Å²) in [6, 6.07) is 5.01. The maximum atomic E-state index is 13.9. The van der Waals surface area contributed by atoms with Crippen LogP contribution in [0.5, 0.6) is 0 Å². The Morgan fingerprint density at radius 2 is 2.06 bits per heavy atom. The minimum absolute atomic E-state index is 0.0545. The third-order valence-electron chi connectivity index (χ3n) is 6.51. The van der Waals surface area contributed by atoms with Crippen LogP contribution in [0.1, 0.15) is 30.0 Å². The Kier molecular flexibility index (Phi) is 6.73. The van der Waals surface area contributed by atoms with Gasteiger partial charge in [0, 0.05) is 53.5 Å². The predicted octanol–water partition coefficient (Wildman–Crippen LogP) is 2.74. The average molecular weight is 512 g/mol. The monoisotopic (exact) mass is 511 g/mol. The van der Waals surface area contributed by atoms with Crippen molar-refractivity contribution >= 4 is 26.5 Å². The molecule has 36 heavy (non-hydrogen) atoms. The van der Waals surface area contributed by atoms with Crippen molar-refractivity contribution in [3.05, 3.63) is 60.3 Å². The van der Waals surface area contributed by atoms with Gasteiger partial charge in [-0.15, -0.1) is 0 Å². The fourth-order valence-corrected chi connectivity index (χ4v) is 6.27. The highest BCUT2D eigenvalue weighted by molar-refractivity contribution is 7.89. The molecule has 12 heteroatoms. The smallest absolute Gasteiger partial charge is 0.243 e. The van der Waals surface area contributed by atoms with E-state index < -0.39 is 10.0 Å². The van der Waals surface area contributed by atoms with Gasteiger partial charge >= 0.3 is 0 Å². The second-order valence-electron chi connectivity index (χ2n) is 9.05. The molecule has 0 radical (unpaired) electrons. The van der Waals surface area contributed by atoms with Gasteiger partial charge in [0.05, 0.1) is 29.8 Å². The first-order chi connectivity index (χ1) is 17.3. The summed E-state index contributed by atoms with van der Waals surface area (Å²) in [6.45, 7) is 7.08. The molecule has 4 aromatic rings. The van der Waals surface area contributed by atoms with Gasteiger partial charge < -0.3 is 14.6 Å². The zero-order valence-corrected chi connectivity index (χ0v) is 21.3. The van der Waals surface area contributed by atoms with Crippen LogP contribution in [-0.2, 0) is 21.2 Å². The topological polar surface area (TPSA) is 128 Å². The first kappa shape index (κ1) is 24.3. The Morgan fingerprint density at radius 3 is 2.81 bits per heavy atom. The summed E-state index contributed by atoms with van der Waals surface area (Å²) >= 11 is 0. The molecule has 1 aliphatic rings. The van der Waals surface area contributed by atoms with E-state index in [1.165, 1.54) is 10.6 Å². The molecule has 1 aliphatic heterocycles. The molecular formula is C24H29N7O4S. The Morgan fingerprint density at radius 1 is 1.19 bits per heavy atom. The lowest BCUT2D eigenvalue weighted by Gasteiger charge is -2.24. The number of nitrogens with one attached hydrogen (secondary N) is 1. The number of sulfonamides is 1. The molecule has 190 valence electrons. The van der Waals surface area contributed by atoms with Crippen LogP contribution in [0.4, 0.5) is 5.69 Å². The van der Waals surface area contributed by atoms with Crippen LogP contribution in [0, 0.1) is 13.8 Å². The van der Waals surface area contributed by atoms with Gasteiger partial charge in [0.15, 0.2) is 0 Å². The van der Waals surface area contributed by atoms with E-state index >= 15 is 0 Å². The molecule has 0 amide bonds. The van der Waals surface area contributed by atoms with E-state index in [0.717, 1.165) is 34.5 Å². The highest BCUT2D eigenvalue weighted by Crippen LogP contribution is 2.32. The zero-order valence-electron chi connectivity index (χ0n) is 20.5. The van der Waals surface area contributed by atoms with Crippen molar-refractivity contribution in [1.82, 2.24) is 29.2 Å². The van der Waals surface area contributed by atoms with Crippen LogP contribution in [0.2, 0.25) is 0 Å². The number of rotatable bonds is 7. The molecule has 3 aromatic heterocycles. The number of aromatic nitrogens is 5. The van der Waals surface area contributed by atoms with Crippen molar-refractivity contribution < 1.29 is 17.7 Å². The third-order valence-corrected chi connectivity index (χ3v) is 8.43. The quantitative estimate of drug-likeness (QED) is 0.398. The third kappa shape index (κ3) is 4.71. The largest absolute Gasteiger partial charge is 0.382 e. The van der Waals surface area contributed by atoms with Crippen LogP contribution in [-0.4, -0.2) is 70.0 Å². The van der Waals surface area contributed by atoms with Crippen LogP contribution in [0.3, 0.4) is 0 Å². The molecule has 0 saturated carbocycles. The molecule has 0 spiro atoms. The Balaban J connectivity index is 1.44. The van der Waals surface area contributed by atoms with Gasteiger partial charge in [0.2, 0.25) is 10.0 Å². The molecule has 1 N–H and O–H groups in total. The first-order valence-corrected chi connectivity index (χ1v) is 13.3. The lowest BCUT2D eigenvalue weighted by Crippen LogP contribution is -2.37.